The van der Waals surface area contributed by atoms with Crippen molar-refractivity contribution in [2.45, 2.75) is 49.8 Å². The SMILES string of the molecule is C=C(C)[C@H]1C2OC3C[C@](O)(C1C(=O)OC)[C@]1(C)C2OC(=O)[C@]31O. The van der Waals surface area contributed by atoms with E-state index in [1.807, 2.05) is 0 Å². The summed E-state index contributed by atoms with van der Waals surface area (Å²) in [6.45, 7) is 7.26. The monoisotopic (exact) mass is 324 g/mol. The fourth-order valence-electron chi connectivity index (χ4n) is 5.48. The molecule has 0 radical (unpaired) electrons. The van der Waals surface area contributed by atoms with Crippen molar-refractivity contribution in [2.75, 3.05) is 7.11 Å². The lowest BCUT2D eigenvalue weighted by Gasteiger charge is -2.57. The molecular formula is C16H20O7. The van der Waals surface area contributed by atoms with Gasteiger partial charge in [0.1, 0.15) is 18.3 Å². The Balaban J connectivity index is 1.99. The van der Waals surface area contributed by atoms with Crippen LogP contribution in [0.3, 0.4) is 0 Å². The van der Waals surface area contributed by atoms with Gasteiger partial charge in [0.2, 0.25) is 0 Å². The minimum atomic E-state index is -1.95. The molecule has 2 saturated heterocycles. The third-order valence-electron chi connectivity index (χ3n) is 6.64. The first-order valence-corrected chi connectivity index (χ1v) is 7.69. The molecule has 0 aromatic heterocycles. The van der Waals surface area contributed by atoms with Gasteiger partial charge in [-0.3, -0.25) is 4.79 Å². The number of ether oxygens (including phenoxy) is 3. The quantitative estimate of drug-likeness (QED) is 0.524. The zero-order valence-corrected chi connectivity index (χ0v) is 13.2. The van der Waals surface area contributed by atoms with E-state index in [2.05, 4.69) is 6.58 Å². The average Bonchev–Trinajstić information content (AvgIpc) is 2.67. The Hall–Kier alpha value is -1.44. The van der Waals surface area contributed by atoms with E-state index >= 15 is 0 Å². The molecule has 4 aliphatic rings. The number of esters is 2. The van der Waals surface area contributed by atoms with Crippen LogP contribution in [0.15, 0.2) is 12.2 Å². The molecule has 4 fully saturated rings. The molecule has 8 atom stereocenters. The van der Waals surface area contributed by atoms with Crippen LogP contribution < -0.4 is 0 Å². The van der Waals surface area contributed by atoms with Gasteiger partial charge in [0.15, 0.2) is 5.60 Å². The second kappa shape index (κ2) is 3.96. The number of carbonyl (C=O) groups is 2. The van der Waals surface area contributed by atoms with Gasteiger partial charge in [-0.2, -0.15) is 0 Å². The van der Waals surface area contributed by atoms with Gasteiger partial charge in [-0.05, 0) is 13.8 Å². The van der Waals surface area contributed by atoms with Crippen molar-refractivity contribution in [3.8, 4) is 0 Å². The normalized spacial score (nSPS) is 55.7. The number of aliphatic hydroxyl groups is 2. The van der Waals surface area contributed by atoms with E-state index in [4.69, 9.17) is 14.2 Å². The highest BCUT2D eigenvalue weighted by molar-refractivity contribution is 5.88. The van der Waals surface area contributed by atoms with E-state index in [-0.39, 0.29) is 6.42 Å². The van der Waals surface area contributed by atoms with Gasteiger partial charge in [0.05, 0.1) is 24.0 Å². The molecule has 23 heavy (non-hydrogen) atoms. The highest BCUT2D eigenvalue weighted by Crippen LogP contribution is 2.71. The van der Waals surface area contributed by atoms with Gasteiger partial charge in [0.25, 0.3) is 0 Å². The zero-order valence-electron chi connectivity index (χ0n) is 13.2. The number of hydrogen-bond acceptors (Lipinski definition) is 7. The summed E-state index contributed by atoms with van der Waals surface area (Å²) in [6, 6.07) is 0. The molecule has 4 rings (SSSR count). The molecule has 5 bridgehead atoms. The fourth-order valence-corrected chi connectivity index (χ4v) is 5.48. The van der Waals surface area contributed by atoms with Crippen molar-refractivity contribution in [2.24, 2.45) is 17.3 Å². The van der Waals surface area contributed by atoms with Crippen molar-refractivity contribution >= 4 is 11.9 Å². The second-order valence-electron chi connectivity index (χ2n) is 7.39. The minimum absolute atomic E-state index is 0.0222. The molecule has 2 aliphatic heterocycles. The van der Waals surface area contributed by atoms with Gasteiger partial charge in [-0.1, -0.05) is 12.2 Å². The largest absolute Gasteiger partial charge is 0.469 e. The van der Waals surface area contributed by atoms with E-state index in [0.717, 1.165) is 0 Å². The van der Waals surface area contributed by atoms with Crippen LogP contribution in [-0.2, 0) is 23.8 Å². The predicted octanol–water partition coefficient (Wildman–Crippen LogP) is -0.454. The molecule has 7 heteroatoms. The molecule has 4 unspecified atom stereocenters. The standard InChI is InChI=1S/C16H20O7/c1-6(2)8-9(12(17)21-4)15(19)5-7-16(20)13(18)23-11(10(8)22-7)14(15,16)3/h7-11,19-20H,1,5H2,2-4H3/t7?,8-,9?,10?,11?,14+,15+,16-/m1/s1. The molecular weight excluding hydrogens is 304 g/mol. The van der Waals surface area contributed by atoms with Crippen LogP contribution in [0.25, 0.3) is 0 Å². The summed E-state index contributed by atoms with van der Waals surface area (Å²) in [5, 5.41) is 22.5. The maximum Gasteiger partial charge on any atom is 0.342 e. The van der Waals surface area contributed by atoms with E-state index in [9.17, 15) is 19.8 Å². The molecule has 2 saturated carbocycles. The maximum absolute atomic E-state index is 12.5. The zero-order chi connectivity index (χ0) is 16.9. The van der Waals surface area contributed by atoms with Crippen LogP contribution in [0.5, 0.6) is 0 Å². The topological polar surface area (TPSA) is 102 Å². The van der Waals surface area contributed by atoms with E-state index in [1.54, 1.807) is 13.8 Å². The van der Waals surface area contributed by atoms with Gasteiger partial charge in [0, 0.05) is 12.3 Å². The molecule has 0 spiro atoms. The van der Waals surface area contributed by atoms with Crippen molar-refractivity contribution in [3.63, 3.8) is 0 Å². The summed E-state index contributed by atoms with van der Waals surface area (Å²) in [6.07, 6.45) is -2.40. The Morgan fingerprint density at radius 2 is 2.09 bits per heavy atom. The number of rotatable bonds is 2. The van der Waals surface area contributed by atoms with Gasteiger partial charge >= 0.3 is 11.9 Å². The van der Waals surface area contributed by atoms with Crippen LogP contribution in [0, 0.1) is 17.3 Å². The maximum atomic E-state index is 12.5. The highest BCUT2D eigenvalue weighted by atomic mass is 16.6. The van der Waals surface area contributed by atoms with Crippen molar-refractivity contribution in [1.82, 2.24) is 0 Å². The second-order valence-corrected chi connectivity index (χ2v) is 7.39. The Kier molecular flexibility index (Phi) is 2.60. The molecule has 0 amide bonds. The average molecular weight is 324 g/mol. The highest BCUT2D eigenvalue weighted by Gasteiger charge is 2.89. The fraction of sp³-hybridized carbons (Fsp3) is 0.750. The molecule has 0 aromatic carbocycles. The van der Waals surface area contributed by atoms with Crippen molar-refractivity contribution < 1.29 is 34.0 Å². The van der Waals surface area contributed by atoms with Crippen LogP contribution in [0.2, 0.25) is 0 Å². The van der Waals surface area contributed by atoms with Crippen LogP contribution in [0.1, 0.15) is 20.3 Å². The van der Waals surface area contributed by atoms with Crippen LogP contribution in [0.4, 0.5) is 0 Å². The summed E-state index contributed by atoms with van der Waals surface area (Å²) in [4.78, 5) is 24.8. The van der Waals surface area contributed by atoms with Crippen molar-refractivity contribution in [3.05, 3.63) is 12.2 Å². The summed E-state index contributed by atoms with van der Waals surface area (Å²) < 4.78 is 16.2. The Bertz CT molecular complexity index is 644. The lowest BCUT2D eigenvalue weighted by molar-refractivity contribution is -0.270. The Labute approximate surface area is 133 Å². The molecule has 0 aromatic rings. The molecule has 2 aliphatic carbocycles. The first-order chi connectivity index (χ1) is 10.6. The third-order valence-corrected chi connectivity index (χ3v) is 6.64. The summed E-state index contributed by atoms with van der Waals surface area (Å²) in [7, 11) is 1.25. The Morgan fingerprint density at radius 3 is 2.65 bits per heavy atom. The number of carbonyl (C=O) groups excluding carboxylic acids is 2. The minimum Gasteiger partial charge on any atom is -0.469 e. The van der Waals surface area contributed by atoms with E-state index in [1.165, 1.54) is 7.11 Å². The van der Waals surface area contributed by atoms with Gasteiger partial charge < -0.3 is 24.4 Å². The van der Waals surface area contributed by atoms with Crippen LogP contribution in [-0.4, -0.2) is 58.8 Å². The predicted molar refractivity (Wildman–Crippen MR) is 75.0 cm³/mol. The first kappa shape index (κ1) is 15.1. The van der Waals surface area contributed by atoms with E-state index < -0.39 is 58.7 Å². The summed E-state index contributed by atoms with van der Waals surface area (Å²) >= 11 is 0. The molecule has 7 nitrogen and oxygen atoms in total. The lowest BCUT2D eigenvalue weighted by atomic mass is 9.51. The van der Waals surface area contributed by atoms with Gasteiger partial charge in [-0.25, -0.2) is 4.79 Å². The summed E-state index contributed by atoms with van der Waals surface area (Å²) in [5.74, 6) is -2.91. The summed E-state index contributed by atoms with van der Waals surface area (Å²) in [5.41, 5.74) is -4.31. The molecule has 2 heterocycles. The number of hydrogen-bond donors (Lipinski definition) is 2. The first-order valence-electron chi connectivity index (χ1n) is 7.69. The van der Waals surface area contributed by atoms with E-state index in [0.29, 0.717) is 5.57 Å². The Morgan fingerprint density at radius 1 is 1.43 bits per heavy atom. The lowest BCUT2D eigenvalue weighted by Crippen LogP contribution is -2.73. The molecule has 2 N–H and O–H groups in total. The molecule has 126 valence electrons. The van der Waals surface area contributed by atoms with Crippen molar-refractivity contribution in [1.29, 1.82) is 0 Å². The van der Waals surface area contributed by atoms with Gasteiger partial charge in [-0.15, -0.1) is 0 Å². The van der Waals surface area contributed by atoms with Crippen LogP contribution >= 0.6 is 0 Å². The smallest absolute Gasteiger partial charge is 0.342 e. The number of methoxy groups -OCH3 is 1. The third kappa shape index (κ3) is 1.24.